The molecule has 0 amide bonds. The van der Waals surface area contributed by atoms with E-state index >= 15 is 0 Å². The molecule has 2 atom stereocenters. The first-order chi connectivity index (χ1) is 47.3. The molecule has 0 aliphatic heterocycles. The summed E-state index contributed by atoms with van der Waals surface area (Å²) in [5, 5.41) is 0. The van der Waals surface area contributed by atoms with Crippen molar-refractivity contribution in [2.24, 2.45) is 0 Å². The fourth-order valence-electron chi connectivity index (χ4n) is 7.02. The Morgan fingerprint density at radius 1 is 0.170 bits per heavy atom. The van der Waals surface area contributed by atoms with Gasteiger partial charge in [-0.25, -0.2) is 8.78 Å². The minimum absolute atomic E-state index is 1.31. The minimum atomic E-state index is -10.4. The number of hydrogen-bond acceptors (Lipinski definition) is 6. The van der Waals surface area contributed by atoms with Gasteiger partial charge in [-0.3, -0.25) is 0 Å². The summed E-state index contributed by atoms with van der Waals surface area (Å²) in [5.74, 6) is -251. The zero-order chi connectivity index (χ0) is 92.8. The van der Waals surface area contributed by atoms with Crippen LogP contribution in [0.3, 0.4) is 0 Å². The molecular formula is C38H12F66O6P2. The van der Waals surface area contributed by atoms with Gasteiger partial charge in [-0.05, 0) is 22.0 Å². The van der Waals surface area contributed by atoms with E-state index in [0.29, 0.717) is 0 Å². The third-order valence-electron chi connectivity index (χ3n) is 13.7. The lowest BCUT2D eigenvalue weighted by Crippen LogP contribution is -2.80. The number of hydrogen-bond donors (Lipinski definition) is 0. The Balaban J connectivity index is 0. The van der Waals surface area contributed by atoms with Crippen LogP contribution in [0.4, 0.5) is 290 Å². The van der Waals surface area contributed by atoms with Crippen LogP contribution < -0.4 is 9.79 Å². The van der Waals surface area contributed by atoms with Gasteiger partial charge in [0.25, 0.3) is 0 Å². The summed E-state index contributed by atoms with van der Waals surface area (Å²) < 4.78 is 922. The summed E-state index contributed by atoms with van der Waals surface area (Å²) in [4.78, 5) is 20.1. The monoisotopic (exact) mass is 1880 g/mol. The van der Waals surface area contributed by atoms with Crippen molar-refractivity contribution in [3.05, 3.63) is 0 Å². The highest BCUT2D eigenvalue weighted by molar-refractivity contribution is 7.30. The van der Waals surface area contributed by atoms with Crippen molar-refractivity contribution in [3.8, 4) is 0 Å². The molecule has 0 rings (SSSR count). The highest BCUT2D eigenvalue weighted by Crippen LogP contribution is 2.74. The van der Waals surface area contributed by atoms with Crippen molar-refractivity contribution >= 4 is 16.5 Å². The first-order valence-electron chi connectivity index (χ1n) is 24.4. The van der Waals surface area contributed by atoms with Crippen molar-refractivity contribution in [2.75, 3.05) is 13.2 Å². The topological polar surface area (TPSA) is 98.7 Å². The van der Waals surface area contributed by atoms with Gasteiger partial charge in [0.15, 0.2) is 0 Å². The van der Waals surface area contributed by atoms with E-state index in [1.165, 1.54) is 0 Å². The first-order valence-corrected chi connectivity index (χ1v) is 26.5. The van der Waals surface area contributed by atoms with Gasteiger partial charge in [0.1, 0.15) is 13.2 Å². The molecule has 0 aromatic heterocycles. The maximum Gasteiger partial charge on any atom is 0.488 e. The van der Waals surface area contributed by atoms with Gasteiger partial charge in [0, 0.05) is 12.8 Å². The molecule has 0 fully saturated rings. The maximum atomic E-state index is 13.9. The molecule has 672 valence electrons. The van der Waals surface area contributed by atoms with Crippen LogP contribution in [0, 0.1) is 0 Å². The van der Waals surface area contributed by atoms with Gasteiger partial charge in [-0.1, -0.05) is 0 Å². The summed E-state index contributed by atoms with van der Waals surface area (Å²) in [6.45, 7) is -3.97. The Morgan fingerprint density at radius 3 is 0.438 bits per heavy atom. The summed E-state index contributed by atoms with van der Waals surface area (Å²) in [7, 11) is -8.38. The van der Waals surface area contributed by atoms with Crippen LogP contribution in [0.15, 0.2) is 0 Å². The second-order valence-corrected chi connectivity index (χ2v) is 22.2. The molecule has 0 radical (unpaired) electrons. The smallest absolute Gasteiger partial charge is 0.488 e. The number of rotatable bonds is 36. The molecule has 0 heterocycles. The number of halogens is 66. The summed E-state index contributed by atoms with van der Waals surface area (Å²) in [6, 6.07) is 0. The van der Waals surface area contributed by atoms with Gasteiger partial charge >= 0.3 is 207 Å². The number of alkyl halides is 66. The molecule has 0 spiro atoms. The quantitative estimate of drug-likeness (QED) is 0.0352. The van der Waals surface area contributed by atoms with Gasteiger partial charge < -0.3 is 9.79 Å². The van der Waals surface area contributed by atoms with Gasteiger partial charge in [0.05, 0.1) is 0 Å². The lowest BCUT2D eigenvalue weighted by Gasteiger charge is -2.47. The molecule has 0 N–H and O–H groups in total. The highest BCUT2D eigenvalue weighted by atomic mass is 31.1. The Hall–Kier alpha value is -4.58. The standard InChI is InChI=1S/C19H4F35O3P.C19H8F31O3P/c20-3(21,1-2-57-58(55)56)5(23,24)7(27,28)9(31,32)11(35,36)13(39,40)15(43,44)17(47,48)16(45,46)14(41,42)12(37,38)10(33,34)8(29,30)6(25,26)4(22,18(49,50)51)19(52,53)54;20-5(21,3-1-2-4-53-54(51)52)7(23,24)9(27,28)11(31,32)13(35,36)15(39,40)17(43,44)16(41,42)14(37,38)12(33,34)10(29,30)8(25,26)6(22,18(45,46)47)19(48,49)50/h1-2H2;1-4H2. The third kappa shape index (κ3) is 14.5. The van der Waals surface area contributed by atoms with Crippen molar-refractivity contribution in [1.82, 2.24) is 0 Å². The largest absolute Gasteiger partial charge is 0.566 e. The molecule has 0 saturated heterocycles. The van der Waals surface area contributed by atoms with E-state index in [0.717, 1.165) is 0 Å². The minimum Gasteiger partial charge on any atom is -0.566 e. The van der Waals surface area contributed by atoms with Crippen LogP contribution in [-0.2, 0) is 18.2 Å². The fourth-order valence-corrected chi connectivity index (χ4v) is 7.54. The molecule has 0 bridgehead atoms. The van der Waals surface area contributed by atoms with E-state index in [1.54, 1.807) is 0 Å². The van der Waals surface area contributed by atoms with Crippen LogP contribution >= 0.6 is 16.5 Å². The van der Waals surface area contributed by atoms with E-state index in [-0.39, 0.29) is 0 Å². The van der Waals surface area contributed by atoms with E-state index in [1.807, 2.05) is 0 Å². The summed E-state index contributed by atoms with van der Waals surface area (Å²) in [6.07, 6.45) is -45.2. The second-order valence-electron chi connectivity index (χ2n) is 20.8. The maximum absolute atomic E-state index is 13.9. The van der Waals surface area contributed by atoms with Crippen LogP contribution in [0.2, 0.25) is 0 Å². The summed E-state index contributed by atoms with van der Waals surface area (Å²) >= 11 is 0. The van der Waals surface area contributed by atoms with E-state index in [4.69, 9.17) is 0 Å². The van der Waals surface area contributed by atoms with Crippen molar-refractivity contribution < 1.29 is 318 Å². The molecule has 2 unspecified atom stereocenters. The molecule has 0 aliphatic carbocycles. The van der Waals surface area contributed by atoms with Crippen LogP contribution in [0.5, 0.6) is 0 Å². The van der Waals surface area contributed by atoms with Crippen molar-refractivity contribution in [1.29, 1.82) is 0 Å². The SMILES string of the molecule is O=[P+]([O-])OCCC(F)(F)C(F)(F)C(F)(F)C(F)(F)C(F)(F)C(F)(F)C(F)(F)C(F)(F)C(F)(F)C(F)(F)C(F)(F)C(F)(F)C(F)(F)C(F)(F)C(F)(C(F)(F)F)C(F)(F)F.O=[P+]([O-])OCCCCC(F)(F)C(F)(F)C(F)(F)C(F)(F)C(F)(F)C(F)(F)C(F)(F)C(F)(F)C(F)(F)C(F)(F)C(F)(F)C(F)(F)C(F)(C(F)(F)F)C(F)(F)F. The summed E-state index contributed by atoms with van der Waals surface area (Å²) in [5.41, 5.74) is -18.9. The lowest BCUT2D eigenvalue weighted by molar-refractivity contribution is -0.493. The van der Waals surface area contributed by atoms with Crippen LogP contribution in [0.25, 0.3) is 0 Å². The lowest BCUT2D eigenvalue weighted by atomic mass is 9.81. The normalized spacial score (nSPS) is 17.1. The molecule has 74 heteroatoms. The predicted molar refractivity (Wildman–Crippen MR) is 206 cm³/mol. The van der Waals surface area contributed by atoms with Crippen LogP contribution in [0.1, 0.15) is 25.7 Å². The average molecular weight is 1880 g/mol. The van der Waals surface area contributed by atoms with E-state index in [2.05, 4.69) is 9.05 Å². The molecule has 112 heavy (non-hydrogen) atoms. The Kier molecular flexibility index (Phi) is 28.5. The third-order valence-corrected chi connectivity index (χ3v) is 14.5. The Labute approximate surface area is 564 Å². The fraction of sp³-hybridized carbons (Fsp3) is 1.00. The molecule has 0 aromatic rings. The molecule has 0 aromatic carbocycles. The zero-order valence-electron chi connectivity index (χ0n) is 48.5. The highest BCUT2D eigenvalue weighted by Gasteiger charge is 3.06. The van der Waals surface area contributed by atoms with Crippen LogP contribution in [-0.4, -0.2) is 203 Å². The molecule has 6 nitrogen and oxygen atoms in total. The van der Waals surface area contributed by atoms with Crippen molar-refractivity contribution in [2.45, 2.75) is 216 Å². The Morgan fingerprint density at radius 2 is 0.295 bits per heavy atom. The average Bonchev–Trinajstić information content (AvgIpc) is 0.688. The number of unbranched alkanes of at least 4 members (excludes halogenated alkanes) is 1. The zero-order valence-corrected chi connectivity index (χ0v) is 50.3. The molecule has 0 saturated carbocycles. The van der Waals surface area contributed by atoms with E-state index < -0.39 is 245 Å². The molecular weight excluding hydrogens is 1870 g/mol. The second kappa shape index (κ2) is 29.2. The predicted octanol–water partition coefficient (Wildman–Crippen LogP) is 21.8. The van der Waals surface area contributed by atoms with Gasteiger partial charge in [-0.15, -0.1) is 9.05 Å². The van der Waals surface area contributed by atoms with Gasteiger partial charge in [-0.2, -0.15) is 281 Å². The van der Waals surface area contributed by atoms with Gasteiger partial charge in [0.2, 0.25) is 0 Å². The Bertz CT molecular complexity index is 3240. The molecule has 0 aliphatic rings. The first kappa shape index (κ1) is 109. The van der Waals surface area contributed by atoms with E-state index in [9.17, 15) is 309 Å². The van der Waals surface area contributed by atoms with Crippen molar-refractivity contribution in [3.63, 3.8) is 0 Å².